The van der Waals surface area contributed by atoms with Crippen LogP contribution in [0.1, 0.15) is 49.2 Å². The number of halogens is 1. The summed E-state index contributed by atoms with van der Waals surface area (Å²) in [5.74, 6) is -0.0500. The van der Waals surface area contributed by atoms with Crippen molar-refractivity contribution in [3.8, 4) is 6.07 Å². The number of amides is 1. The maximum atomic E-state index is 12.7. The standard InChI is InChI=1S/C23H26ClN3O/c1-14-6-8-15(9-7-14)19(28)27-21-22(2,3)20(23(21,4)5)26-17-11-10-16(13-25)18(24)12-17/h6-12,20-21,26H,1-5H3,(H,27,28). The van der Waals surface area contributed by atoms with E-state index in [2.05, 4.69) is 44.4 Å². The van der Waals surface area contributed by atoms with Crippen LogP contribution in [0.5, 0.6) is 0 Å². The van der Waals surface area contributed by atoms with Gasteiger partial charge in [0.1, 0.15) is 6.07 Å². The van der Waals surface area contributed by atoms with Gasteiger partial charge in [0, 0.05) is 34.2 Å². The molecule has 2 aromatic carbocycles. The molecule has 0 atom stereocenters. The summed E-state index contributed by atoms with van der Waals surface area (Å²) in [4.78, 5) is 12.7. The lowest BCUT2D eigenvalue weighted by molar-refractivity contribution is -0.0554. The van der Waals surface area contributed by atoms with Crippen LogP contribution in [0.15, 0.2) is 42.5 Å². The Kier molecular flexibility index (Phi) is 5.16. The van der Waals surface area contributed by atoms with E-state index >= 15 is 0 Å². The van der Waals surface area contributed by atoms with Crippen molar-refractivity contribution in [2.45, 2.75) is 46.7 Å². The second-order valence-electron chi connectivity index (χ2n) is 8.80. The minimum Gasteiger partial charge on any atom is -0.381 e. The van der Waals surface area contributed by atoms with Crippen LogP contribution in [-0.4, -0.2) is 18.0 Å². The van der Waals surface area contributed by atoms with Crippen LogP contribution >= 0.6 is 11.6 Å². The lowest BCUT2D eigenvalue weighted by atomic mass is 9.48. The van der Waals surface area contributed by atoms with Gasteiger partial charge in [-0.3, -0.25) is 4.79 Å². The van der Waals surface area contributed by atoms with Gasteiger partial charge in [-0.15, -0.1) is 0 Å². The Morgan fingerprint density at radius 1 is 1.04 bits per heavy atom. The summed E-state index contributed by atoms with van der Waals surface area (Å²) in [6.45, 7) is 10.6. The van der Waals surface area contributed by atoms with Gasteiger partial charge in [-0.1, -0.05) is 57.0 Å². The van der Waals surface area contributed by atoms with Gasteiger partial charge in [0.15, 0.2) is 0 Å². The molecule has 0 aromatic heterocycles. The van der Waals surface area contributed by atoms with Gasteiger partial charge in [-0.25, -0.2) is 0 Å². The van der Waals surface area contributed by atoms with Gasteiger partial charge in [-0.05, 0) is 37.3 Å². The van der Waals surface area contributed by atoms with Crippen molar-refractivity contribution >= 4 is 23.2 Å². The number of aryl methyl sites for hydroxylation is 1. The van der Waals surface area contributed by atoms with Gasteiger partial charge in [0.25, 0.3) is 5.91 Å². The first-order valence-electron chi connectivity index (χ1n) is 9.41. The van der Waals surface area contributed by atoms with Crippen LogP contribution in [0, 0.1) is 29.1 Å². The fourth-order valence-electron chi connectivity index (χ4n) is 4.68. The zero-order valence-corrected chi connectivity index (χ0v) is 17.7. The number of carbonyl (C=O) groups is 1. The summed E-state index contributed by atoms with van der Waals surface area (Å²) >= 11 is 6.17. The summed E-state index contributed by atoms with van der Waals surface area (Å²) in [7, 11) is 0. The molecule has 0 bridgehead atoms. The van der Waals surface area contributed by atoms with E-state index in [9.17, 15) is 4.79 Å². The normalized spacial score (nSPS) is 21.9. The molecule has 1 amide bonds. The Morgan fingerprint density at radius 3 is 2.18 bits per heavy atom. The third-order valence-electron chi connectivity index (χ3n) is 5.97. The molecule has 0 heterocycles. The molecule has 1 aliphatic carbocycles. The summed E-state index contributed by atoms with van der Waals surface area (Å²) in [5.41, 5.74) is 2.81. The Morgan fingerprint density at radius 2 is 1.64 bits per heavy atom. The molecule has 0 aliphatic heterocycles. The molecule has 1 aliphatic rings. The maximum absolute atomic E-state index is 12.7. The van der Waals surface area contributed by atoms with E-state index in [1.165, 1.54) is 0 Å². The van der Waals surface area contributed by atoms with Crippen molar-refractivity contribution in [3.05, 3.63) is 64.2 Å². The van der Waals surface area contributed by atoms with Crippen molar-refractivity contribution in [2.24, 2.45) is 10.8 Å². The molecule has 0 radical (unpaired) electrons. The molecule has 3 rings (SSSR count). The van der Waals surface area contributed by atoms with Gasteiger partial charge >= 0.3 is 0 Å². The lowest BCUT2D eigenvalue weighted by Crippen LogP contribution is -2.75. The highest BCUT2D eigenvalue weighted by atomic mass is 35.5. The molecule has 146 valence electrons. The quantitative estimate of drug-likeness (QED) is 0.750. The average molecular weight is 396 g/mol. The highest BCUT2D eigenvalue weighted by Gasteiger charge is 2.62. The monoisotopic (exact) mass is 395 g/mol. The van der Waals surface area contributed by atoms with Gasteiger partial charge in [-0.2, -0.15) is 5.26 Å². The van der Waals surface area contributed by atoms with Crippen molar-refractivity contribution in [3.63, 3.8) is 0 Å². The van der Waals surface area contributed by atoms with Crippen LogP contribution < -0.4 is 10.6 Å². The Bertz CT molecular complexity index is 925. The lowest BCUT2D eigenvalue weighted by Gasteiger charge is -2.64. The molecule has 0 saturated heterocycles. The molecule has 2 N–H and O–H groups in total. The molecule has 2 aromatic rings. The Labute approximate surface area is 171 Å². The van der Waals surface area contributed by atoms with Gasteiger partial charge < -0.3 is 10.6 Å². The van der Waals surface area contributed by atoms with Crippen LogP contribution in [0.4, 0.5) is 5.69 Å². The molecular weight excluding hydrogens is 370 g/mol. The first kappa shape index (κ1) is 20.2. The largest absolute Gasteiger partial charge is 0.381 e. The van der Waals surface area contributed by atoms with E-state index in [-0.39, 0.29) is 28.8 Å². The van der Waals surface area contributed by atoms with E-state index in [0.717, 1.165) is 11.3 Å². The minimum absolute atomic E-state index is 0.0140. The molecule has 4 nitrogen and oxygen atoms in total. The maximum Gasteiger partial charge on any atom is 0.251 e. The number of benzene rings is 2. The molecular formula is C23H26ClN3O. The zero-order valence-electron chi connectivity index (χ0n) is 16.9. The predicted octanol–water partition coefficient (Wildman–Crippen LogP) is 5.17. The zero-order chi connectivity index (χ0) is 20.7. The van der Waals surface area contributed by atoms with E-state index in [1.54, 1.807) is 12.1 Å². The molecule has 1 fully saturated rings. The summed E-state index contributed by atoms with van der Waals surface area (Å²) in [5, 5.41) is 16.3. The second-order valence-corrected chi connectivity index (χ2v) is 9.21. The summed E-state index contributed by atoms with van der Waals surface area (Å²) in [6.07, 6.45) is 0. The second kappa shape index (κ2) is 7.14. The number of anilines is 1. The molecule has 0 spiro atoms. The van der Waals surface area contributed by atoms with E-state index < -0.39 is 0 Å². The minimum atomic E-state index is -0.162. The summed E-state index contributed by atoms with van der Waals surface area (Å²) in [6, 6.07) is 15.2. The highest BCUT2D eigenvalue weighted by Crippen LogP contribution is 2.55. The van der Waals surface area contributed by atoms with Crippen molar-refractivity contribution < 1.29 is 4.79 Å². The molecule has 5 heteroatoms. The third-order valence-corrected chi connectivity index (χ3v) is 6.28. The fourth-order valence-corrected chi connectivity index (χ4v) is 4.90. The molecule has 0 unspecified atom stereocenters. The number of hydrogen-bond acceptors (Lipinski definition) is 3. The number of nitrogens with one attached hydrogen (secondary N) is 2. The number of nitriles is 1. The molecule has 1 saturated carbocycles. The van der Waals surface area contributed by atoms with Gasteiger partial charge in [0.2, 0.25) is 0 Å². The first-order valence-corrected chi connectivity index (χ1v) is 9.79. The SMILES string of the molecule is Cc1ccc(C(=O)NC2C(C)(C)C(Nc3ccc(C#N)c(Cl)c3)C2(C)C)cc1. The molecule has 28 heavy (non-hydrogen) atoms. The predicted molar refractivity (Wildman–Crippen MR) is 114 cm³/mol. The van der Waals surface area contributed by atoms with E-state index in [1.807, 2.05) is 37.3 Å². The average Bonchev–Trinajstić information content (AvgIpc) is 2.64. The number of carbonyl (C=O) groups excluding carboxylic acids is 1. The van der Waals surface area contributed by atoms with Crippen LogP contribution in [0.3, 0.4) is 0 Å². The Balaban J connectivity index is 1.76. The third kappa shape index (κ3) is 3.47. The number of rotatable bonds is 4. The first-order chi connectivity index (χ1) is 13.1. The van der Waals surface area contributed by atoms with Crippen molar-refractivity contribution in [2.75, 3.05) is 5.32 Å². The van der Waals surface area contributed by atoms with E-state index in [4.69, 9.17) is 16.9 Å². The van der Waals surface area contributed by atoms with Crippen LogP contribution in [0.2, 0.25) is 5.02 Å². The number of nitrogens with zero attached hydrogens (tertiary/aromatic N) is 1. The highest BCUT2D eigenvalue weighted by molar-refractivity contribution is 6.32. The van der Waals surface area contributed by atoms with Crippen LogP contribution in [-0.2, 0) is 0 Å². The van der Waals surface area contributed by atoms with Crippen molar-refractivity contribution in [1.29, 1.82) is 5.26 Å². The van der Waals surface area contributed by atoms with E-state index in [0.29, 0.717) is 16.1 Å². The topological polar surface area (TPSA) is 64.9 Å². The summed E-state index contributed by atoms with van der Waals surface area (Å²) < 4.78 is 0. The van der Waals surface area contributed by atoms with Crippen LogP contribution in [0.25, 0.3) is 0 Å². The number of hydrogen-bond donors (Lipinski definition) is 2. The fraction of sp³-hybridized carbons (Fsp3) is 0.391. The van der Waals surface area contributed by atoms with Crippen molar-refractivity contribution in [1.82, 2.24) is 5.32 Å². The smallest absolute Gasteiger partial charge is 0.251 e. The van der Waals surface area contributed by atoms with Gasteiger partial charge in [0.05, 0.1) is 10.6 Å². The Hall–Kier alpha value is -2.51.